The van der Waals surface area contributed by atoms with Crippen LogP contribution in [-0.4, -0.2) is 54.4 Å². The summed E-state index contributed by atoms with van der Waals surface area (Å²) >= 11 is 0. The summed E-state index contributed by atoms with van der Waals surface area (Å²) in [5.74, 6) is 0.818. The lowest BCUT2D eigenvalue weighted by Crippen LogP contribution is -2.42. The molecule has 112 valence electrons. The molecule has 1 rings (SSSR count). The van der Waals surface area contributed by atoms with E-state index in [1.807, 2.05) is 0 Å². The van der Waals surface area contributed by atoms with E-state index in [1.54, 1.807) is 6.92 Å². The molecule has 1 N–H and O–H groups in total. The molecule has 2 atom stereocenters. The van der Waals surface area contributed by atoms with Crippen LogP contribution in [0.5, 0.6) is 0 Å². The summed E-state index contributed by atoms with van der Waals surface area (Å²) in [6, 6.07) is -0.388. The van der Waals surface area contributed by atoms with Gasteiger partial charge in [-0.25, -0.2) is 8.42 Å². The average Bonchev–Trinajstić information content (AvgIpc) is 2.64. The van der Waals surface area contributed by atoms with Crippen molar-refractivity contribution >= 4 is 21.7 Å². The van der Waals surface area contributed by atoms with Crippen molar-refractivity contribution in [2.45, 2.75) is 32.2 Å². The quantitative estimate of drug-likeness (QED) is 0.704. The van der Waals surface area contributed by atoms with Gasteiger partial charge in [-0.2, -0.15) is 0 Å². The van der Waals surface area contributed by atoms with Crippen LogP contribution in [0.3, 0.4) is 0 Å². The molecule has 0 aliphatic carbocycles. The van der Waals surface area contributed by atoms with Crippen molar-refractivity contribution in [3.8, 4) is 12.3 Å². The van der Waals surface area contributed by atoms with Crippen molar-refractivity contribution in [2.24, 2.45) is 5.92 Å². The van der Waals surface area contributed by atoms with E-state index >= 15 is 0 Å². The lowest BCUT2D eigenvalue weighted by Gasteiger charge is -2.27. The zero-order chi connectivity index (χ0) is 15.3. The first-order chi connectivity index (χ1) is 9.25. The number of sulfone groups is 1. The lowest BCUT2D eigenvalue weighted by atomic mass is 10.0. The van der Waals surface area contributed by atoms with Gasteiger partial charge in [0.15, 0.2) is 9.84 Å². The van der Waals surface area contributed by atoms with Crippen LogP contribution in [0.1, 0.15) is 26.2 Å². The fourth-order valence-corrected chi connectivity index (χ4v) is 4.06. The second-order valence-electron chi connectivity index (χ2n) is 5.19. The first kappa shape index (κ1) is 16.5. The number of carboxylic acids is 1. The molecule has 1 fully saturated rings. The molecule has 1 aliphatic heterocycles. The number of carbonyl (C=O) groups is 2. The summed E-state index contributed by atoms with van der Waals surface area (Å²) in [6.45, 7) is 1.73. The highest BCUT2D eigenvalue weighted by atomic mass is 32.2. The molecule has 1 aliphatic rings. The predicted octanol–water partition coefficient (Wildman–Crippen LogP) is 0.136. The topological polar surface area (TPSA) is 91.8 Å². The van der Waals surface area contributed by atoms with Crippen molar-refractivity contribution in [3.05, 3.63) is 0 Å². The number of terminal acetylenes is 1. The number of carboxylic acid groups (broad SMARTS) is 1. The van der Waals surface area contributed by atoms with Gasteiger partial charge < -0.3 is 10.0 Å². The van der Waals surface area contributed by atoms with Crippen molar-refractivity contribution in [1.29, 1.82) is 0 Å². The van der Waals surface area contributed by atoms with Crippen LogP contribution in [0.2, 0.25) is 0 Å². The Morgan fingerprint density at radius 2 is 2.10 bits per heavy atom. The highest BCUT2D eigenvalue weighted by Crippen LogP contribution is 2.20. The Bertz CT molecular complexity index is 519. The lowest BCUT2D eigenvalue weighted by molar-refractivity contribution is -0.138. The summed E-state index contributed by atoms with van der Waals surface area (Å²) in [4.78, 5) is 24.1. The number of aliphatic carboxylic acids is 1. The molecule has 2 unspecified atom stereocenters. The molecule has 0 radical (unpaired) electrons. The molecule has 6 nitrogen and oxygen atoms in total. The molecule has 0 aromatic carbocycles. The maximum absolute atomic E-state index is 12.2. The summed E-state index contributed by atoms with van der Waals surface area (Å²) in [6.07, 6.45) is 5.58. The minimum atomic E-state index is -3.10. The van der Waals surface area contributed by atoms with Crippen LogP contribution < -0.4 is 0 Å². The highest BCUT2D eigenvalue weighted by Gasteiger charge is 2.34. The highest BCUT2D eigenvalue weighted by molar-refractivity contribution is 7.91. The molecule has 0 spiro atoms. The minimum absolute atomic E-state index is 0.0544. The molecule has 0 bridgehead atoms. The van der Waals surface area contributed by atoms with Gasteiger partial charge in [0.2, 0.25) is 5.91 Å². The second-order valence-corrected chi connectivity index (χ2v) is 7.42. The van der Waals surface area contributed by atoms with E-state index < -0.39 is 15.8 Å². The van der Waals surface area contributed by atoms with E-state index in [1.165, 1.54) is 4.90 Å². The first-order valence-electron chi connectivity index (χ1n) is 6.40. The maximum atomic E-state index is 12.2. The molecular formula is C13H19NO5S. The number of amides is 1. The van der Waals surface area contributed by atoms with Crippen LogP contribution in [0, 0.1) is 18.3 Å². The van der Waals surface area contributed by atoms with Gasteiger partial charge in [0.1, 0.15) is 0 Å². The monoisotopic (exact) mass is 301 g/mol. The van der Waals surface area contributed by atoms with Crippen molar-refractivity contribution < 1.29 is 23.1 Å². The molecule has 0 saturated carbocycles. The molecule has 1 amide bonds. The Labute approximate surface area is 119 Å². The van der Waals surface area contributed by atoms with Crippen molar-refractivity contribution in [2.75, 3.05) is 18.1 Å². The minimum Gasteiger partial charge on any atom is -0.481 e. The summed E-state index contributed by atoms with van der Waals surface area (Å²) < 4.78 is 22.9. The SMILES string of the molecule is C#CCN(C(=O)CC(C)CC(=O)O)C1CCS(=O)(=O)C1. The number of nitrogens with zero attached hydrogens (tertiary/aromatic N) is 1. The summed E-state index contributed by atoms with van der Waals surface area (Å²) in [7, 11) is -3.10. The van der Waals surface area contributed by atoms with E-state index in [2.05, 4.69) is 5.92 Å². The van der Waals surface area contributed by atoms with Gasteiger partial charge in [-0.3, -0.25) is 9.59 Å². The molecule has 20 heavy (non-hydrogen) atoms. The van der Waals surface area contributed by atoms with Gasteiger partial charge in [-0.1, -0.05) is 12.8 Å². The third kappa shape index (κ3) is 4.85. The predicted molar refractivity (Wildman–Crippen MR) is 73.6 cm³/mol. The first-order valence-corrected chi connectivity index (χ1v) is 8.22. The smallest absolute Gasteiger partial charge is 0.303 e. The number of hydrogen-bond acceptors (Lipinski definition) is 4. The number of carbonyl (C=O) groups excluding carboxylic acids is 1. The van der Waals surface area contributed by atoms with Gasteiger partial charge >= 0.3 is 5.97 Å². The summed E-state index contributed by atoms with van der Waals surface area (Å²) in [5, 5.41) is 8.68. The Morgan fingerprint density at radius 1 is 1.45 bits per heavy atom. The Morgan fingerprint density at radius 3 is 2.55 bits per heavy atom. The average molecular weight is 301 g/mol. The number of hydrogen-bond donors (Lipinski definition) is 1. The Hall–Kier alpha value is -1.55. The molecule has 0 aromatic heterocycles. The van der Waals surface area contributed by atoms with E-state index in [4.69, 9.17) is 11.5 Å². The largest absolute Gasteiger partial charge is 0.481 e. The van der Waals surface area contributed by atoms with Crippen molar-refractivity contribution in [1.82, 2.24) is 4.90 Å². The van der Waals surface area contributed by atoms with Gasteiger partial charge in [0, 0.05) is 18.9 Å². The van der Waals surface area contributed by atoms with Crippen LogP contribution >= 0.6 is 0 Å². The van der Waals surface area contributed by atoms with Crippen molar-refractivity contribution in [3.63, 3.8) is 0 Å². The normalized spacial score (nSPS) is 21.9. The van der Waals surface area contributed by atoms with Gasteiger partial charge in [-0.05, 0) is 12.3 Å². The van der Waals surface area contributed by atoms with Crippen LogP contribution in [0.25, 0.3) is 0 Å². The van der Waals surface area contributed by atoms with Crippen LogP contribution in [0.4, 0.5) is 0 Å². The maximum Gasteiger partial charge on any atom is 0.303 e. The third-order valence-electron chi connectivity index (χ3n) is 3.28. The molecule has 1 saturated heterocycles. The van der Waals surface area contributed by atoms with Gasteiger partial charge in [0.05, 0.1) is 18.1 Å². The van der Waals surface area contributed by atoms with Gasteiger partial charge in [-0.15, -0.1) is 6.42 Å². The van der Waals surface area contributed by atoms with E-state index in [-0.39, 0.29) is 48.8 Å². The molecule has 0 aromatic rings. The molecular weight excluding hydrogens is 282 g/mol. The summed E-state index contributed by atoms with van der Waals surface area (Å²) in [5.41, 5.74) is 0. The Kier molecular flexibility index (Phi) is 5.57. The van der Waals surface area contributed by atoms with E-state index in [0.717, 1.165) is 0 Å². The number of rotatable bonds is 6. The van der Waals surface area contributed by atoms with E-state index in [9.17, 15) is 18.0 Å². The van der Waals surface area contributed by atoms with Gasteiger partial charge in [0.25, 0.3) is 0 Å². The van der Waals surface area contributed by atoms with Crippen LogP contribution in [-0.2, 0) is 19.4 Å². The molecule has 7 heteroatoms. The second kappa shape index (κ2) is 6.75. The van der Waals surface area contributed by atoms with Crippen LogP contribution in [0.15, 0.2) is 0 Å². The molecule has 1 heterocycles. The zero-order valence-electron chi connectivity index (χ0n) is 11.4. The standard InChI is InChI=1S/C13H19NO5S/c1-3-5-14(11-4-6-20(18,19)9-11)12(15)7-10(2)8-13(16)17/h1,10-11H,4-9H2,2H3,(H,16,17). The third-order valence-corrected chi connectivity index (χ3v) is 5.03. The van der Waals surface area contributed by atoms with E-state index in [0.29, 0.717) is 6.42 Å². The fraction of sp³-hybridized carbons (Fsp3) is 0.692. The Balaban J connectivity index is 2.69. The zero-order valence-corrected chi connectivity index (χ0v) is 12.2. The fourth-order valence-electron chi connectivity index (χ4n) is 2.33.